The highest BCUT2D eigenvalue weighted by Crippen LogP contribution is 2.15. The van der Waals surface area contributed by atoms with E-state index in [0.29, 0.717) is 5.75 Å². The van der Waals surface area contributed by atoms with E-state index in [-0.39, 0.29) is 18.0 Å². The van der Waals surface area contributed by atoms with Gasteiger partial charge in [-0.15, -0.1) is 0 Å². The van der Waals surface area contributed by atoms with Crippen LogP contribution in [0.25, 0.3) is 0 Å². The fourth-order valence-electron chi connectivity index (χ4n) is 1.76. The smallest absolute Gasteiger partial charge is 0.242 e. The Bertz CT molecular complexity index is 733. The van der Waals surface area contributed by atoms with E-state index in [1.165, 1.54) is 37.4 Å². The zero-order valence-corrected chi connectivity index (χ0v) is 12.7. The monoisotopic (exact) mass is 327 g/mol. The highest BCUT2D eigenvalue weighted by atomic mass is 32.2. The second-order valence-corrected chi connectivity index (χ2v) is 6.63. The summed E-state index contributed by atoms with van der Waals surface area (Å²) in [6, 6.07) is 10.2. The third kappa shape index (κ3) is 4.02. The van der Waals surface area contributed by atoms with Gasteiger partial charge in [0.1, 0.15) is 24.0 Å². The van der Waals surface area contributed by atoms with Crippen LogP contribution in [-0.4, -0.2) is 32.9 Å². The third-order valence-electron chi connectivity index (χ3n) is 2.99. The van der Waals surface area contributed by atoms with Crippen molar-refractivity contribution in [1.82, 2.24) is 4.31 Å². The fraction of sp³-hybridized carbons (Fsp3) is 0.200. The van der Waals surface area contributed by atoms with Gasteiger partial charge in [-0.2, -0.15) is 4.31 Å². The summed E-state index contributed by atoms with van der Waals surface area (Å²) < 4.78 is 56.7. The summed E-state index contributed by atoms with van der Waals surface area (Å²) in [7, 11) is -2.31. The molecule has 0 aliphatic heterocycles. The lowest BCUT2D eigenvalue weighted by Crippen LogP contribution is -2.31. The Balaban J connectivity index is 1.96. The molecular weight excluding hydrogens is 312 g/mol. The number of hydrogen-bond donors (Lipinski definition) is 0. The molecule has 2 rings (SSSR count). The normalized spacial score (nSPS) is 11.6. The van der Waals surface area contributed by atoms with Crippen LogP contribution in [0.1, 0.15) is 0 Å². The van der Waals surface area contributed by atoms with Crippen molar-refractivity contribution in [1.29, 1.82) is 0 Å². The first-order valence-corrected chi connectivity index (χ1v) is 7.94. The zero-order valence-electron chi connectivity index (χ0n) is 11.9. The molecule has 0 unspecified atom stereocenters. The Kier molecular flexibility index (Phi) is 5.10. The van der Waals surface area contributed by atoms with Gasteiger partial charge in [-0.05, 0) is 36.4 Å². The molecule has 0 aliphatic rings. The van der Waals surface area contributed by atoms with Crippen LogP contribution in [0.2, 0.25) is 0 Å². The summed E-state index contributed by atoms with van der Waals surface area (Å²) in [5.74, 6) is -0.603. The van der Waals surface area contributed by atoms with Gasteiger partial charge in [0.2, 0.25) is 10.0 Å². The van der Waals surface area contributed by atoms with Gasteiger partial charge in [0, 0.05) is 19.7 Å². The second kappa shape index (κ2) is 6.85. The quantitative estimate of drug-likeness (QED) is 0.819. The molecule has 0 aromatic heterocycles. The number of likely N-dealkylation sites (N-methyl/N-ethyl adjacent to an activating group) is 1. The van der Waals surface area contributed by atoms with E-state index in [0.717, 1.165) is 16.4 Å². The lowest BCUT2D eigenvalue weighted by Gasteiger charge is -2.17. The summed E-state index contributed by atoms with van der Waals surface area (Å²) in [5.41, 5.74) is 0. The number of ether oxygens (including phenoxy) is 1. The lowest BCUT2D eigenvalue weighted by atomic mass is 10.3. The van der Waals surface area contributed by atoms with E-state index in [9.17, 15) is 17.2 Å². The van der Waals surface area contributed by atoms with Crippen molar-refractivity contribution < 1.29 is 21.9 Å². The average molecular weight is 327 g/mol. The summed E-state index contributed by atoms with van der Waals surface area (Å²) in [6.45, 7) is 0.149. The minimum Gasteiger partial charge on any atom is -0.492 e. The van der Waals surface area contributed by atoms with E-state index < -0.39 is 21.7 Å². The molecule has 0 radical (unpaired) electrons. The number of nitrogens with zero attached hydrogens (tertiary/aromatic N) is 1. The van der Waals surface area contributed by atoms with E-state index in [1.54, 1.807) is 6.07 Å². The second-order valence-electron chi connectivity index (χ2n) is 4.59. The van der Waals surface area contributed by atoms with Gasteiger partial charge in [-0.1, -0.05) is 6.07 Å². The molecule has 0 spiro atoms. The van der Waals surface area contributed by atoms with Crippen LogP contribution in [0.5, 0.6) is 5.75 Å². The standard InChI is InChI=1S/C15H15F2NO3S/c1-18(9-10-21-14-4-2-3-13(17)11-14)22(19,20)15-7-5-12(16)6-8-15/h2-8,11H,9-10H2,1H3. The number of hydrogen-bond acceptors (Lipinski definition) is 3. The summed E-state index contributed by atoms with van der Waals surface area (Å²) in [6.07, 6.45) is 0. The molecule has 0 N–H and O–H groups in total. The first kappa shape index (κ1) is 16.4. The maximum absolute atomic E-state index is 13.0. The maximum atomic E-state index is 13.0. The average Bonchev–Trinajstić information content (AvgIpc) is 2.47. The van der Waals surface area contributed by atoms with Crippen molar-refractivity contribution in [3.63, 3.8) is 0 Å². The molecule has 0 aliphatic carbocycles. The first-order chi connectivity index (χ1) is 10.4. The molecule has 0 saturated heterocycles. The van der Waals surface area contributed by atoms with Crippen LogP contribution in [-0.2, 0) is 10.0 Å². The molecular formula is C15H15F2NO3S. The molecule has 0 amide bonds. The van der Waals surface area contributed by atoms with Crippen molar-refractivity contribution >= 4 is 10.0 Å². The Morgan fingerprint density at radius 3 is 2.36 bits per heavy atom. The van der Waals surface area contributed by atoms with E-state index in [1.807, 2.05) is 0 Å². The van der Waals surface area contributed by atoms with Crippen LogP contribution in [0.15, 0.2) is 53.4 Å². The third-order valence-corrected chi connectivity index (χ3v) is 4.86. The van der Waals surface area contributed by atoms with Crippen molar-refractivity contribution in [2.24, 2.45) is 0 Å². The summed E-state index contributed by atoms with van der Waals surface area (Å²) in [4.78, 5) is 0.00200. The van der Waals surface area contributed by atoms with E-state index in [2.05, 4.69) is 0 Å². The van der Waals surface area contributed by atoms with Crippen LogP contribution in [0, 0.1) is 11.6 Å². The number of sulfonamides is 1. The van der Waals surface area contributed by atoms with Crippen LogP contribution in [0.4, 0.5) is 8.78 Å². The van der Waals surface area contributed by atoms with Gasteiger partial charge in [-0.3, -0.25) is 0 Å². The molecule has 22 heavy (non-hydrogen) atoms. The SMILES string of the molecule is CN(CCOc1cccc(F)c1)S(=O)(=O)c1ccc(F)cc1. The number of rotatable bonds is 6. The molecule has 2 aromatic rings. The van der Waals surface area contributed by atoms with Crippen LogP contribution >= 0.6 is 0 Å². The van der Waals surface area contributed by atoms with E-state index >= 15 is 0 Å². The van der Waals surface area contributed by atoms with Gasteiger partial charge in [0.05, 0.1) is 4.90 Å². The number of halogens is 2. The number of benzene rings is 2. The van der Waals surface area contributed by atoms with Crippen LogP contribution < -0.4 is 4.74 Å². The summed E-state index contributed by atoms with van der Waals surface area (Å²) in [5, 5.41) is 0. The van der Waals surface area contributed by atoms with Gasteiger partial charge in [0.15, 0.2) is 0 Å². The fourth-order valence-corrected chi connectivity index (χ4v) is 2.91. The molecule has 0 saturated carbocycles. The Labute approximate surface area is 128 Å². The van der Waals surface area contributed by atoms with Gasteiger partial charge in [-0.25, -0.2) is 17.2 Å². The highest BCUT2D eigenvalue weighted by Gasteiger charge is 2.20. The molecule has 0 fully saturated rings. The molecule has 7 heteroatoms. The van der Waals surface area contributed by atoms with Gasteiger partial charge < -0.3 is 4.74 Å². The molecule has 0 heterocycles. The largest absolute Gasteiger partial charge is 0.492 e. The van der Waals surface area contributed by atoms with Gasteiger partial charge >= 0.3 is 0 Å². The predicted octanol–water partition coefficient (Wildman–Crippen LogP) is 2.66. The molecule has 4 nitrogen and oxygen atoms in total. The highest BCUT2D eigenvalue weighted by molar-refractivity contribution is 7.89. The Morgan fingerprint density at radius 1 is 1.05 bits per heavy atom. The first-order valence-electron chi connectivity index (χ1n) is 6.50. The van der Waals surface area contributed by atoms with Crippen molar-refractivity contribution in [3.8, 4) is 5.75 Å². The summed E-state index contributed by atoms with van der Waals surface area (Å²) >= 11 is 0. The van der Waals surface area contributed by atoms with Crippen molar-refractivity contribution in [2.75, 3.05) is 20.2 Å². The Hall–Kier alpha value is -1.99. The zero-order chi connectivity index (χ0) is 16.2. The topological polar surface area (TPSA) is 46.6 Å². The maximum Gasteiger partial charge on any atom is 0.242 e. The van der Waals surface area contributed by atoms with Crippen molar-refractivity contribution in [2.45, 2.75) is 4.90 Å². The molecule has 118 valence electrons. The van der Waals surface area contributed by atoms with Gasteiger partial charge in [0.25, 0.3) is 0 Å². The van der Waals surface area contributed by atoms with E-state index in [4.69, 9.17) is 4.74 Å². The molecule has 0 bridgehead atoms. The van der Waals surface area contributed by atoms with Crippen LogP contribution in [0.3, 0.4) is 0 Å². The minimum absolute atomic E-state index is 0.00200. The predicted molar refractivity (Wildman–Crippen MR) is 78.1 cm³/mol. The minimum atomic E-state index is -3.71. The molecule has 0 atom stereocenters. The lowest BCUT2D eigenvalue weighted by molar-refractivity contribution is 0.285. The Morgan fingerprint density at radius 2 is 1.73 bits per heavy atom. The molecule has 2 aromatic carbocycles. The van der Waals surface area contributed by atoms with Crippen molar-refractivity contribution in [3.05, 3.63) is 60.2 Å².